The van der Waals surface area contributed by atoms with Crippen molar-refractivity contribution in [2.45, 2.75) is 51.6 Å². The number of nitrogens with one attached hydrogen (secondary N) is 2. The Morgan fingerprint density at radius 1 is 1.60 bits per heavy atom. The molecule has 0 spiro atoms. The van der Waals surface area contributed by atoms with Crippen molar-refractivity contribution in [1.29, 1.82) is 5.53 Å². The van der Waals surface area contributed by atoms with Gasteiger partial charge >= 0.3 is 5.97 Å². The first-order valence-corrected chi connectivity index (χ1v) is 5.33. The van der Waals surface area contributed by atoms with Crippen LogP contribution < -0.4 is 5.32 Å². The van der Waals surface area contributed by atoms with Gasteiger partial charge in [0.2, 0.25) is 0 Å². The van der Waals surface area contributed by atoms with Crippen LogP contribution in [0.4, 0.5) is 0 Å². The Kier molecular flexibility index (Phi) is 6.08. The number of aliphatic carboxylic acids is 1. The zero-order chi connectivity index (χ0) is 11.9. The standard InChI is InChI=1S/C10H21N3O2/c1-4-10(3,12-5-2)7-6-8(13-11)9(14)15/h8,11-12H,4-7H2,1-3H3,(H,14,15). The molecule has 3 N–H and O–H groups in total. The number of hydrogen-bond donors (Lipinski definition) is 3. The van der Waals surface area contributed by atoms with Gasteiger partial charge in [0.05, 0.1) is 0 Å². The Labute approximate surface area is 90.8 Å². The summed E-state index contributed by atoms with van der Waals surface area (Å²) >= 11 is 0. The van der Waals surface area contributed by atoms with Crippen LogP contribution >= 0.6 is 0 Å². The number of rotatable bonds is 8. The van der Waals surface area contributed by atoms with Crippen molar-refractivity contribution in [3.63, 3.8) is 0 Å². The molecule has 2 atom stereocenters. The van der Waals surface area contributed by atoms with Crippen molar-refractivity contribution in [3.8, 4) is 0 Å². The third-order valence-corrected chi connectivity index (χ3v) is 2.79. The Bertz CT molecular complexity index is 221. The van der Waals surface area contributed by atoms with Crippen molar-refractivity contribution in [2.75, 3.05) is 6.54 Å². The number of carboxylic acid groups (broad SMARTS) is 1. The lowest BCUT2D eigenvalue weighted by atomic mass is 9.91. The molecule has 0 aliphatic carbocycles. The Hall–Kier alpha value is -0.970. The van der Waals surface area contributed by atoms with Gasteiger partial charge < -0.3 is 10.4 Å². The topological polar surface area (TPSA) is 85.5 Å². The minimum Gasteiger partial charge on any atom is -0.480 e. The predicted molar refractivity (Wildman–Crippen MR) is 58.2 cm³/mol. The largest absolute Gasteiger partial charge is 0.480 e. The Balaban J connectivity index is 4.19. The first-order valence-electron chi connectivity index (χ1n) is 5.33. The van der Waals surface area contributed by atoms with Gasteiger partial charge in [-0.2, -0.15) is 5.11 Å². The minimum atomic E-state index is -1.01. The van der Waals surface area contributed by atoms with Gasteiger partial charge in [-0.3, -0.25) is 0 Å². The van der Waals surface area contributed by atoms with E-state index in [1.165, 1.54) is 0 Å². The second kappa shape index (κ2) is 6.50. The average Bonchev–Trinajstić information content (AvgIpc) is 2.18. The van der Waals surface area contributed by atoms with E-state index in [0.717, 1.165) is 19.4 Å². The maximum absolute atomic E-state index is 10.7. The van der Waals surface area contributed by atoms with E-state index in [0.29, 0.717) is 6.42 Å². The molecule has 0 aliphatic heterocycles. The maximum Gasteiger partial charge on any atom is 0.330 e. The fraction of sp³-hybridized carbons (Fsp3) is 0.900. The van der Waals surface area contributed by atoms with Gasteiger partial charge in [-0.15, -0.1) is 0 Å². The van der Waals surface area contributed by atoms with Crippen LogP contribution in [-0.2, 0) is 4.79 Å². The zero-order valence-electron chi connectivity index (χ0n) is 9.71. The molecule has 0 aromatic carbocycles. The van der Waals surface area contributed by atoms with Gasteiger partial charge in [-0.05, 0) is 32.7 Å². The lowest BCUT2D eigenvalue weighted by Crippen LogP contribution is -2.42. The van der Waals surface area contributed by atoms with Crippen molar-refractivity contribution < 1.29 is 9.90 Å². The molecule has 0 radical (unpaired) electrons. The van der Waals surface area contributed by atoms with Crippen molar-refractivity contribution >= 4 is 5.97 Å². The molecule has 0 fully saturated rings. The summed E-state index contributed by atoms with van der Waals surface area (Å²) in [5.74, 6) is -1.01. The summed E-state index contributed by atoms with van der Waals surface area (Å²) in [4.78, 5) is 10.7. The van der Waals surface area contributed by atoms with Crippen LogP contribution in [0.1, 0.15) is 40.0 Å². The Morgan fingerprint density at radius 2 is 2.20 bits per heavy atom. The normalized spacial score (nSPS) is 16.7. The van der Waals surface area contributed by atoms with Crippen molar-refractivity contribution in [1.82, 2.24) is 5.32 Å². The van der Waals surface area contributed by atoms with Crippen LogP contribution in [0.3, 0.4) is 0 Å². The molecule has 0 saturated carbocycles. The average molecular weight is 215 g/mol. The van der Waals surface area contributed by atoms with Gasteiger partial charge in [-0.1, -0.05) is 13.8 Å². The van der Waals surface area contributed by atoms with E-state index in [4.69, 9.17) is 10.6 Å². The molecule has 0 rings (SSSR count). The quantitative estimate of drug-likeness (QED) is 0.541. The molecular formula is C10H21N3O2. The summed E-state index contributed by atoms with van der Waals surface area (Å²) in [6, 6.07) is -0.894. The number of nitrogens with zero attached hydrogens (tertiary/aromatic N) is 1. The van der Waals surface area contributed by atoms with E-state index in [1.54, 1.807) is 0 Å². The van der Waals surface area contributed by atoms with E-state index in [1.807, 2.05) is 6.92 Å². The van der Waals surface area contributed by atoms with Gasteiger partial charge in [-0.25, -0.2) is 10.3 Å². The summed E-state index contributed by atoms with van der Waals surface area (Å²) in [5, 5.41) is 15.2. The highest BCUT2D eigenvalue weighted by atomic mass is 16.4. The second-order valence-electron chi connectivity index (χ2n) is 3.97. The Morgan fingerprint density at radius 3 is 2.53 bits per heavy atom. The van der Waals surface area contributed by atoms with E-state index < -0.39 is 12.0 Å². The molecule has 0 amide bonds. The summed E-state index contributed by atoms with van der Waals surface area (Å²) < 4.78 is 0. The van der Waals surface area contributed by atoms with Crippen molar-refractivity contribution in [3.05, 3.63) is 0 Å². The molecule has 0 aromatic heterocycles. The molecular weight excluding hydrogens is 194 g/mol. The van der Waals surface area contributed by atoms with E-state index in [9.17, 15) is 4.79 Å². The molecule has 0 aromatic rings. The van der Waals surface area contributed by atoms with Gasteiger partial charge in [0.1, 0.15) is 0 Å². The van der Waals surface area contributed by atoms with Crippen LogP contribution in [0.2, 0.25) is 0 Å². The summed E-state index contributed by atoms with van der Waals surface area (Å²) in [5.41, 5.74) is 6.73. The van der Waals surface area contributed by atoms with Crippen LogP contribution in [0, 0.1) is 5.53 Å². The monoisotopic (exact) mass is 215 g/mol. The highest BCUT2D eigenvalue weighted by Gasteiger charge is 2.24. The fourth-order valence-corrected chi connectivity index (χ4v) is 1.52. The summed E-state index contributed by atoms with van der Waals surface area (Å²) in [6.45, 7) is 7.02. The molecule has 88 valence electrons. The van der Waals surface area contributed by atoms with Crippen molar-refractivity contribution in [2.24, 2.45) is 5.11 Å². The van der Waals surface area contributed by atoms with E-state index in [2.05, 4.69) is 24.3 Å². The molecule has 5 nitrogen and oxygen atoms in total. The molecule has 0 aliphatic rings. The smallest absolute Gasteiger partial charge is 0.330 e. The van der Waals surface area contributed by atoms with E-state index in [-0.39, 0.29) is 5.54 Å². The lowest BCUT2D eigenvalue weighted by Gasteiger charge is -2.29. The number of carbonyl (C=O) groups is 1. The first kappa shape index (κ1) is 14.0. The van der Waals surface area contributed by atoms with Gasteiger partial charge in [0.25, 0.3) is 0 Å². The predicted octanol–water partition coefficient (Wildman–Crippen LogP) is 2.03. The van der Waals surface area contributed by atoms with Gasteiger partial charge in [0, 0.05) is 5.54 Å². The highest BCUT2D eigenvalue weighted by molar-refractivity contribution is 5.73. The molecule has 2 unspecified atom stereocenters. The second-order valence-corrected chi connectivity index (χ2v) is 3.97. The lowest BCUT2D eigenvalue weighted by molar-refractivity contribution is -0.138. The molecule has 0 bridgehead atoms. The highest BCUT2D eigenvalue weighted by Crippen LogP contribution is 2.18. The summed E-state index contributed by atoms with van der Waals surface area (Å²) in [6.07, 6.45) is 2.07. The zero-order valence-corrected chi connectivity index (χ0v) is 9.71. The minimum absolute atomic E-state index is 0.0485. The van der Waals surface area contributed by atoms with Crippen LogP contribution in [0.5, 0.6) is 0 Å². The third-order valence-electron chi connectivity index (χ3n) is 2.79. The first-order chi connectivity index (χ1) is 6.99. The SMILES string of the molecule is CCNC(C)(CC)CCC(N=N)C(=O)O. The van der Waals surface area contributed by atoms with E-state index >= 15 is 0 Å². The molecule has 0 saturated heterocycles. The van der Waals surface area contributed by atoms with Gasteiger partial charge in [0.15, 0.2) is 6.04 Å². The summed E-state index contributed by atoms with van der Waals surface area (Å²) in [7, 11) is 0. The maximum atomic E-state index is 10.7. The molecule has 5 heteroatoms. The van der Waals surface area contributed by atoms with Crippen LogP contribution in [0.25, 0.3) is 0 Å². The van der Waals surface area contributed by atoms with Crippen LogP contribution in [0.15, 0.2) is 5.11 Å². The third kappa shape index (κ3) is 4.88. The number of carboxylic acids is 1. The fourth-order valence-electron chi connectivity index (χ4n) is 1.52. The van der Waals surface area contributed by atoms with Crippen LogP contribution in [-0.4, -0.2) is 29.2 Å². The molecule has 15 heavy (non-hydrogen) atoms. The molecule has 0 heterocycles. The number of hydrogen-bond acceptors (Lipinski definition) is 4.